The van der Waals surface area contributed by atoms with Crippen molar-refractivity contribution in [1.82, 2.24) is 4.98 Å². The zero-order chi connectivity index (χ0) is 13.2. The Labute approximate surface area is 107 Å². The van der Waals surface area contributed by atoms with Crippen molar-refractivity contribution in [2.75, 3.05) is 7.11 Å². The fourth-order valence-corrected chi connectivity index (χ4v) is 1.86. The fourth-order valence-electron chi connectivity index (χ4n) is 1.09. The van der Waals surface area contributed by atoms with Crippen LogP contribution in [0.1, 0.15) is 22.3 Å². The van der Waals surface area contributed by atoms with Gasteiger partial charge in [-0.2, -0.15) is 0 Å². The molecule has 9 heteroatoms. The number of carbonyl (C=O) groups is 1. The highest BCUT2D eigenvalue weighted by Crippen LogP contribution is 2.29. The predicted octanol–water partition coefficient (Wildman–Crippen LogP) is 2.32. The van der Waals surface area contributed by atoms with E-state index in [9.17, 15) is 23.7 Å². The van der Waals surface area contributed by atoms with Crippen molar-refractivity contribution in [1.29, 1.82) is 0 Å². The van der Waals surface area contributed by atoms with Gasteiger partial charge in [0, 0.05) is 22.6 Å². The van der Waals surface area contributed by atoms with Crippen LogP contribution in [0.25, 0.3) is 0 Å². The van der Waals surface area contributed by atoms with Crippen molar-refractivity contribution in [3.05, 3.63) is 31.0 Å². The maximum atomic E-state index is 12.7. The highest BCUT2D eigenvalue weighted by atomic mass is 127. The Morgan fingerprint density at radius 2 is 2.24 bits per heavy atom. The highest BCUT2D eigenvalue weighted by Gasteiger charge is 2.29. The van der Waals surface area contributed by atoms with Crippen LogP contribution in [-0.2, 0) is 4.74 Å². The normalized spacial score (nSPS) is 10.4. The van der Waals surface area contributed by atoms with E-state index in [1.807, 2.05) is 0 Å². The Bertz CT molecular complexity index is 481. The maximum Gasteiger partial charge on any atom is 0.365 e. The van der Waals surface area contributed by atoms with Gasteiger partial charge in [-0.15, -0.1) is 0 Å². The van der Waals surface area contributed by atoms with Gasteiger partial charge in [0.25, 0.3) is 6.43 Å². The van der Waals surface area contributed by atoms with Crippen molar-refractivity contribution in [2.45, 2.75) is 6.43 Å². The zero-order valence-electron chi connectivity index (χ0n) is 8.32. The van der Waals surface area contributed by atoms with E-state index in [0.717, 1.165) is 7.11 Å². The number of pyridine rings is 1. The summed E-state index contributed by atoms with van der Waals surface area (Å²) in [5, 5.41) is 10.5. The first-order valence-corrected chi connectivity index (χ1v) is 5.17. The van der Waals surface area contributed by atoms with E-state index in [4.69, 9.17) is 0 Å². The summed E-state index contributed by atoms with van der Waals surface area (Å²) in [5.41, 5.74) is -1.21. The van der Waals surface area contributed by atoms with Gasteiger partial charge < -0.3 is 14.9 Å². The SMILES string of the molecule is COC(=O)c1cc([N+](=O)[O-])nc(I)c1C(F)F. The van der Waals surface area contributed by atoms with Crippen LogP contribution >= 0.6 is 22.6 Å². The molecule has 0 fully saturated rings. The minimum Gasteiger partial charge on any atom is -0.465 e. The minimum atomic E-state index is -2.97. The lowest BCUT2D eigenvalue weighted by Gasteiger charge is -2.06. The smallest absolute Gasteiger partial charge is 0.365 e. The van der Waals surface area contributed by atoms with Gasteiger partial charge in [0.2, 0.25) is 3.70 Å². The predicted molar refractivity (Wildman–Crippen MR) is 59.9 cm³/mol. The van der Waals surface area contributed by atoms with Crippen molar-refractivity contribution in [3.8, 4) is 0 Å². The molecule has 6 nitrogen and oxygen atoms in total. The van der Waals surface area contributed by atoms with Crippen molar-refractivity contribution in [3.63, 3.8) is 0 Å². The molecule has 0 saturated carbocycles. The molecule has 92 valence electrons. The Morgan fingerprint density at radius 1 is 1.65 bits per heavy atom. The van der Waals surface area contributed by atoms with E-state index in [1.165, 1.54) is 22.6 Å². The number of methoxy groups -OCH3 is 1. The Morgan fingerprint density at radius 3 is 2.65 bits per heavy atom. The van der Waals surface area contributed by atoms with Crippen LogP contribution in [0.3, 0.4) is 0 Å². The van der Waals surface area contributed by atoms with Gasteiger partial charge in [-0.1, -0.05) is 0 Å². The fraction of sp³-hybridized carbons (Fsp3) is 0.250. The van der Waals surface area contributed by atoms with Crippen molar-refractivity contribution < 1.29 is 23.2 Å². The molecule has 0 amide bonds. The lowest BCUT2D eigenvalue weighted by atomic mass is 10.1. The number of halogens is 3. The Hall–Kier alpha value is -1.39. The number of esters is 1. The van der Waals surface area contributed by atoms with Crippen LogP contribution < -0.4 is 0 Å². The van der Waals surface area contributed by atoms with Crippen LogP contribution in [-0.4, -0.2) is 23.0 Å². The molecule has 0 radical (unpaired) electrons. The molecule has 0 atom stereocenters. The molecule has 1 aromatic rings. The Kier molecular flexibility index (Phi) is 4.26. The highest BCUT2D eigenvalue weighted by molar-refractivity contribution is 14.1. The van der Waals surface area contributed by atoms with Crippen molar-refractivity contribution >= 4 is 34.4 Å². The zero-order valence-corrected chi connectivity index (χ0v) is 10.5. The molecule has 1 heterocycles. The molecule has 0 N–H and O–H groups in total. The molecule has 0 bridgehead atoms. The third-order valence-corrected chi connectivity index (χ3v) is 2.63. The summed E-state index contributed by atoms with van der Waals surface area (Å²) in [4.78, 5) is 24.3. The number of hydrogen-bond acceptors (Lipinski definition) is 5. The first-order chi connectivity index (χ1) is 7.88. The number of alkyl halides is 2. The largest absolute Gasteiger partial charge is 0.465 e. The van der Waals surface area contributed by atoms with E-state index in [1.54, 1.807) is 0 Å². The van der Waals surface area contributed by atoms with Crippen LogP contribution in [0, 0.1) is 13.8 Å². The molecule has 0 saturated heterocycles. The molecule has 0 aliphatic carbocycles. The monoisotopic (exact) mass is 358 g/mol. The summed E-state index contributed by atoms with van der Waals surface area (Å²) in [6.45, 7) is 0. The van der Waals surface area contributed by atoms with E-state index in [-0.39, 0.29) is 3.70 Å². The number of nitro groups is 1. The lowest BCUT2D eigenvalue weighted by Crippen LogP contribution is -2.10. The number of carbonyl (C=O) groups excluding carboxylic acids is 1. The number of hydrogen-bond donors (Lipinski definition) is 0. The van der Waals surface area contributed by atoms with Crippen LogP contribution in [0.15, 0.2) is 6.07 Å². The van der Waals surface area contributed by atoms with Crippen LogP contribution in [0.4, 0.5) is 14.6 Å². The molecule has 0 spiro atoms. The molecule has 1 aromatic heterocycles. The quantitative estimate of drug-likeness (QED) is 0.272. The lowest BCUT2D eigenvalue weighted by molar-refractivity contribution is -0.389. The van der Waals surface area contributed by atoms with Gasteiger partial charge in [-0.3, -0.25) is 0 Å². The van der Waals surface area contributed by atoms with Gasteiger partial charge in [0.1, 0.15) is 0 Å². The molecular formula is C8H5F2IN2O4. The summed E-state index contributed by atoms with van der Waals surface area (Å²) in [7, 11) is 0.997. The van der Waals surface area contributed by atoms with Gasteiger partial charge in [-0.05, 0) is 9.91 Å². The second kappa shape index (κ2) is 5.29. The van der Waals surface area contributed by atoms with Crippen LogP contribution in [0.5, 0.6) is 0 Å². The molecule has 0 aromatic carbocycles. The summed E-state index contributed by atoms with van der Waals surface area (Å²) in [5.74, 6) is -1.75. The van der Waals surface area contributed by atoms with Gasteiger partial charge in [-0.25, -0.2) is 13.6 Å². The van der Waals surface area contributed by atoms with Gasteiger partial charge >= 0.3 is 11.8 Å². The number of rotatable bonds is 3. The van der Waals surface area contributed by atoms with E-state index in [2.05, 4.69) is 9.72 Å². The average molecular weight is 358 g/mol. The summed E-state index contributed by atoms with van der Waals surface area (Å²) in [6.07, 6.45) is -2.97. The molecule has 17 heavy (non-hydrogen) atoms. The molecular weight excluding hydrogens is 353 g/mol. The second-order valence-corrected chi connectivity index (χ2v) is 3.80. The third-order valence-electron chi connectivity index (χ3n) is 1.81. The molecule has 1 rings (SSSR count). The number of nitrogens with zero attached hydrogens (tertiary/aromatic N) is 2. The average Bonchev–Trinajstić information content (AvgIpc) is 2.26. The summed E-state index contributed by atoms with van der Waals surface area (Å²) in [6, 6.07) is 0.676. The Balaban J connectivity index is 3.50. The summed E-state index contributed by atoms with van der Waals surface area (Å²) >= 11 is 1.41. The maximum absolute atomic E-state index is 12.7. The van der Waals surface area contributed by atoms with Crippen LogP contribution in [0.2, 0.25) is 0 Å². The first kappa shape index (κ1) is 13.7. The summed E-state index contributed by atoms with van der Waals surface area (Å²) < 4.78 is 29.4. The van der Waals surface area contributed by atoms with E-state index >= 15 is 0 Å². The molecule has 0 aliphatic heterocycles. The van der Waals surface area contributed by atoms with Crippen molar-refractivity contribution in [2.24, 2.45) is 0 Å². The van der Waals surface area contributed by atoms with E-state index in [0.29, 0.717) is 6.07 Å². The standard InChI is InChI=1S/C8H5F2IN2O4/c1-17-8(14)3-2-4(13(15)16)12-7(11)5(3)6(9)10/h2,6H,1H3. The number of ether oxygens (including phenoxy) is 1. The minimum absolute atomic E-state index is 0.299. The number of aromatic nitrogens is 1. The molecule has 0 unspecified atom stereocenters. The first-order valence-electron chi connectivity index (χ1n) is 4.09. The van der Waals surface area contributed by atoms with Gasteiger partial charge in [0.15, 0.2) is 0 Å². The van der Waals surface area contributed by atoms with E-state index < -0.39 is 34.3 Å². The third kappa shape index (κ3) is 2.84. The van der Waals surface area contributed by atoms with Gasteiger partial charge in [0.05, 0.1) is 24.3 Å². The topological polar surface area (TPSA) is 82.3 Å². The second-order valence-electron chi connectivity index (χ2n) is 2.78. The molecule has 0 aliphatic rings.